The topological polar surface area (TPSA) is 38.9 Å². The predicted molar refractivity (Wildman–Crippen MR) is 47.8 cm³/mol. The molecule has 3 heteroatoms. The minimum absolute atomic E-state index is 0.664. The zero-order chi connectivity index (χ0) is 8.81. The van der Waals surface area contributed by atoms with Gasteiger partial charge in [-0.15, -0.1) is 0 Å². The third-order valence-electron chi connectivity index (χ3n) is 1.11. The number of pyridine rings is 1. The number of nitrogens with zero attached hydrogens (tertiary/aromatic N) is 2. The predicted octanol–water partition coefficient (Wildman–Crippen LogP) is 2.64. The zero-order valence-corrected chi connectivity index (χ0v) is 7.32. The monoisotopic (exact) mass is 164 g/mol. The Morgan fingerprint density at radius 3 is 2.75 bits per heavy atom. The van der Waals surface area contributed by atoms with E-state index in [-0.39, 0.29) is 0 Å². The van der Waals surface area contributed by atoms with Crippen LogP contribution < -0.4 is 0 Å². The molecule has 0 spiro atoms. The summed E-state index contributed by atoms with van der Waals surface area (Å²) in [5.41, 5.74) is 1.40. The summed E-state index contributed by atoms with van der Waals surface area (Å²) in [6.07, 6.45) is 4.32. The Morgan fingerprint density at radius 2 is 2.08 bits per heavy atom. The second-order valence-electron chi connectivity index (χ2n) is 2.38. The van der Waals surface area contributed by atoms with Crippen LogP contribution in [0.15, 0.2) is 29.1 Å². The molecule has 0 aliphatic carbocycles. The number of hydrogen-bond donors (Lipinski definition) is 0. The molecule has 2 rings (SSSR count). The van der Waals surface area contributed by atoms with Gasteiger partial charge in [-0.1, -0.05) is 20.3 Å². The Hall–Kier alpha value is -1.38. The highest BCUT2D eigenvalue weighted by Gasteiger charge is 1.93. The van der Waals surface area contributed by atoms with Crippen molar-refractivity contribution in [1.82, 2.24) is 9.97 Å². The van der Waals surface area contributed by atoms with Crippen molar-refractivity contribution in [2.75, 3.05) is 0 Å². The van der Waals surface area contributed by atoms with E-state index >= 15 is 0 Å². The van der Waals surface area contributed by atoms with E-state index in [2.05, 4.69) is 23.8 Å². The van der Waals surface area contributed by atoms with Gasteiger partial charge in [-0.05, 0) is 12.1 Å². The van der Waals surface area contributed by atoms with Crippen molar-refractivity contribution in [2.45, 2.75) is 20.3 Å². The lowest BCUT2D eigenvalue weighted by atomic mass is 10.5. The zero-order valence-electron chi connectivity index (χ0n) is 7.32. The summed E-state index contributed by atoms with van der Waals surface area (Å²) in [7, 11) is 0. The molecular formula is C9H12N2O. The minimum Gasteiger partial charge on any atom is -0.442 e. The quantitative estimate of drug-likeness (QED) is 0.600. The van der Waals surface area contributed by atoms with Crippen LogP contribution in [-0.4, -0.2) is 9.97 Å². The summed E-state index contributed by atoms with van der Waals surface area (Å²) < 4.78 is 4.94. The maximum absolute atomic E-state index is 4.94. The van der Waals surface area contributed by atoms with Crippen molar-refractivity contribution in [3.63, 3.8) is 0 Å². The van der Waals surface area contributed by atoms with Gasteiger partial charge in [-0.3, -0.25) is 0 Å². The van der Waals surface area contributed by atoms with Crippen LogP contribution >= 0.6 is 0 Å². The minimum atomic E-state index is 0.664. The van der Waals surface area contributed by atoms with Crippen LogP contribution in [-0.2, 0) is 0 Å². The van der Waals surface area contributed by atoms with Crippen molar-refractivity contribution in [1.29, 1.82) is 0 Å². The van der Waals surface area contributed by atoms with Crippen molar-refractivity contribution in [3.05, 3.63) is 24.7 Å². The maximum Gasteiger partial charge on any atom is 0.198 e. The first-order valence-corrected chi connectivity index (χ1v) is 4.02. The largest absolute Gasteiger partial charge is 0.442 e. The Balaban J connectivity index is 0.000000213. The molecule has 0 fully saturated rings. The summed E-state index contributed by atoms with van der Waals surface area (Å²) in [6, 6.07) is 3.64. The van der Waals surface area contributed by atoms with Gasteiger partial charge in [0.15, 0.2) is 17.6 Å². The fraction of sp³-hybridized carbons (Fsp3) is 0.333. The molecule has 3 nitrogen and oxygen atoms in total. The van der Waals surface area contributed by atoms with E-state index in [0.29, 0.717) is 5.65 Å². The molecule has 0 aliphatic rings. The highest BCUT2D eigenvalue weighted by atomic mass is 16.3. The summed E-state index contributed by atoms with van der Waals surface area (Å²) in [4.78, 5) is 7.78. The molecule has 0 aromatic carbocycles. The van der Waals surface area contributed by atoms with Crippen molar-refractivity contribution >= 4 is 11.2 Å². The lowest BCUT2D eigenvalue weighted by molar-refractivity contribution is 0.602. The fourth-order valence-corrected chi connectivity index (χ4v) is 0.704. The second-order valence-corrected chi connectivity index (χ2v) is 2.38. The molecule has 0 saturated carbocycles. The highest BCUT2D eigenvalue weighted by Crippen LogP contribution is 2.05. The molecule has 2 heterocycles. The van der Waals surface area contributed by atoms with Crippen molar-refractivity contribution in [3.8, 4) is 0 Å². The molecule has 0 saturated heterocycles. The molecule has 0 N–H and O–H groups in total. The first-order valence-electron chi connectivity index (χ1n) is 4.02. The van der Waals surface area contributed by atoms with Crippen LogP contribution in [0.25, 0.3) is 11.2 Å². The Kier molecular flexibility index (Phi) is 3.26. The SMILES string of the molecule is CCC.c1cnc2ncoc2c1. The molecule has 0 unspecified atom stereocenters. The van der Waals surface area contributed by atoms with E-state index in [0.717, 1.165) is 5.58 Å². The number of oxazole rings is 1. The van der Waals surface area contributed by atoms with Crippen LogP contribution in [0.3, 0.4) is 0 Å². The number of aromatic nitrogens is 2. The Morgan fingerprint density at radius 1 is 1.33 bits per heavy atom. The van der Waals surface area contributed by atoms with E-state index in [1.807, 2.05) is 12.1 Å². The molecule has 0 aliphatic heterocycles. The normalized spacial score (nSPS) is 9.17. The molecule has 12 heavy (non-hydrogen) atoms. The second kappa shape index (κ2) is 4.49. The summed E-state index contributed by atoms with van der Waals surface area (Å²) in [5.74, 6) is 0. The summed E-state index contributed by atoms with van der Waals surface area (Å²) in [6.45, 7) is 4.25. The van der Waals surface area contributed by atoms with Crippen molar-refractivity contribution in [2.24, 2.45) is 0 Å². The average molecular weight is 164 g/mol. The molecule has 0 radical (unpaired) electrons. The molecular weight excluding hydrogens is 152 g/mol. The van der Waals surface area contributed by atoms with E-state index < -0.39 is 0 Å². The molecule has 64 valence electrons. The molecule has 2 aromatic heterocycles. The first kappa shape index (κ1) is 8.71. The Bertz CT molecular complexity index is 300. The van der Waals surface area contributed by atoms with E-state index in [1.54, 1.807) is 6.20 Å². The van der Waals surface area contributed by atoms with Crippen LogP contribution in [0.4, 0.5) is 0 Å². The molecule has 0 atom stereocenters. The molecule has 0 amide bonds. The smallest absolute Gasteiger partial charge is 0.198 e. The highest BCUT2D eigenvalue weighted by molar-refractivity contribution is 5.65. The van der Waals surface area contributed by atoms with Gasteiger partial charge in [0.05, 0.1) is 0 Å². The van der Waals surface area contributed by atoms with Crippen LogP contribution in [0.5, 0.6) is 0 Å². The van der Waals surface area contributed by atoms with E-state index in [4.69, 9.17) is 4.42 Å². The first-order chi connectivity index (χ1) is 5.88. The average Bonchev–Trinajstić information content (AvgIpc) is 2.52. The van der Waals surface area contributed by atoms with E-state index in [1.165, 1.54) is 12.8 Å². The molecule has 0 bridgehead atoms. The Labute approximate surface area is 71.4 Å². The lowest BCUT2D eigenvalue weighted by Gasteiger charge is -1.78. The van der Waals surface area contributed by atoms with Gasteiger partial charge >= 0.3 is 0 Å². The lowest BCUT2D eigenvalue weighted by Crippen LogP contribution is -1.70. The van der Waals surface area contributed by atoms with Crippen LogP contribution in [0.1, 0.15) is 20.3 Å². The van der Waals surface area contributed by atoms with Gasteiger partial charge < -0.3 is 4.42 Å². The van der Waals surface area contributed by atoms with Crippen LogP contribution in [0.2, 0.25) is 0 Å². The summed E-state index contributed by atoms with van der Waals surface area (Å²) in [5, 5.41) is 0. The van der Waals surface area contributed by atoms with Gasteiger partial charge in [0.25, 0.3) is 0 Å². The number of hydrogen-bond acceptors (Lipinski definition) is 3. The van der Waals surface area contributed by atoms with Gasteiger partial charge in [0.2, 0.25) is 0 Å². The summed E-state index contributed by atoms with van der Waals surface area (Å²) >= 11 is 0. The third kappa shape index (κ3) is 2.05. The van der Waals surface area contributed by atoms with Crippen molar-refractivity contribution < 1.29 is 4.42 Å². The van der Waals surface area contributed by atoms with Gasteiger partial charge in [0.1, 0.15) is 0 Å². The molecule has 2 aromatic rings. The van der Waals surface area contributed by atoms with Crippen LogP contribution in [0, 0.1) is 0 Å². The standard InChI is InChI=1S/C6H4N2O.C3H8/c1-2-5-6(7-3-1)8-4-9-5;1-3-2/h1-4H;3H2,1-2H3. The number of rotatable bonds is 0. The maximum atomic E-state index is 4.94. The van der Waals surface area contributed by atoms with Gasteiger partial charge in [0, 0.05) is 6.20 Å². The fourth-order valence-electron chi connectivity index (χ4n) is 0.704. The number of fused-ring (bicyclic) bond motifs is 1. The van der Waals surface area contributed by atoms with Gasteiger partial charge in [-0.25, -0.2) is 4.98 Å². The van der Waals surface area contributed by atoms with E-state index in [9.17, 15) is 0 Å². The third-order valence-corrected chi connectivity index (χ3v) is 1.11. The van der Waals surface area contributed by atoms with Gasteiger partial charge in [-0.2, -0.15) is 4.98 Å².